The number of hydrogen-bond acceptors (Lipinski definition) is 5. The van der Waals surface area contributed by atoms with Crippen LogP contribution in [0.4, 0.5) is 0 Å². The molecule has 0 N–H and O–H groups in total. The summed E-state index contributed by atoms with van der Waals surface area (Å²) in [5.41, 5.74) is 1.09. The van der Waals surface area contributed by atoms with Crippen molar-refractivity contribution in [1.29, 1.82) is 0 Å². The van der Waals surface area contributed by atoms with E-state index in [-0.39, 0.29) is 11.8 Å². The zero-order valence-corrected chi connectivity index (χ0v) is 16.1. The molecule has 28 heavy (non-hydrogen) atoms. The first-order chi connectivity index (χ1) is 13.8. The van der Waals surface area contributed by atoms with Crippen LogP contribution in [0.1, 0.15) is 24.7 Å². The third-order valence-electron chi connectivity index (χ3n) is 5.28. The highest BCUT2D eigenvalue weighted by molar-refractivity contribution is 7.13. The van der Waals surface area contributed by atoms with Crippen LogP contribution in [0.2, 0.25) is 0 Å². The van der Waals surface area contributed by atoms with Gasteiger partial charge in [0, 0.05) is 24.8 Å². The molecule has 4 aromatic rings. The van der Waals surface area contributed by atoms with Gasteiger partial charge >= 0.3 is 0 Å². The fourth-order valence-electron chi connectivity index (χ4n) is 3.83. The summed E-state index contributed by atoms with van der Waals surface area (Å²) in [7, 11) is 0. The molecule has 1 aliphatic rings. The molecule has 6 nitrogen and oxygen atoms in total. The monoisotopic (exact) mass is 392 g/mol. The molecule has 4 heterocycles. The van der Waals surface area contributed by atoms with Crippen molar-refractivity contribution in [3.05, 3.63) is 59.9 Å². The van der Waals surface area contributed by atoms with Crippen molar-refractivity contribution in [2.45, 2.75) is 25.3 Å². The molecular weight excluding hydrogens is 372 g/mol. The highest BCUT2D eigenvalue weighted by atomic mass is 32.1. The first kappa shape index (κ1) is 17.2. The first-order valence-corrected chi connectivity index (χ1v) is 10.3. The van der Waals surface area contributed by atoms with E-state index < -0.39 is 0 Å². The second-order valence-electron chi connectivity index (χ2n) is 7.10. The van der Waals surface area contributed by atoms with Crippen LogP contribution in [0.25, 0.3) is 21.7 Å². The Morgan fingerprint density at radius 2 is 2.11 bits per heavy atom. The summed E-state index contributed by atoms with van der Waals surface area (Å²) < 4.78 is 7.92. The number of aromatic nitrogens is 3. The lowest BCUT2D eigenvalue weighted by atomic mass is 9.98. The maximum Gasteiger partial charge on any atom is 0.257 e. The van der Waals surface area contributed by atoms with Gasteiger partial charge in [-0.15, -0.1) is 21.5 Å². The van der Waals surface area contributed by atoms with Crippen molar-refractivity contribution in [3.8, 4) is 10.8 Å². The highest BCUT2D eigenvalue weighted by Crippen LogP contribution is 2.30. The number of carbonyl (C=O) groups is 1. The van der Waals surface area contributed by atoms with Crippen molar-refractivity contribution in [2.75, 3.05) is 13.1 Å². The van der Waals surface area contributed by atoms with Gasteiger partial charge in [0.15, 0.2) is 0 Å². The van der Waals surface area contributed by atoms with E-state index in [1.54, 1.807) is 11.3 Å². The van der Waals surface area contributed by atoms with Crippen LogP contribution in [-0.4, -0.2) is 38.7 Å². The Kier molecular flexibility index (Phi) is 4.44. The number of carbonyl (C=O) groups excluding carboxylic acids is 1. The number of hydrogen-bond donors (Lipinski definition) is 0. The van der Waals surface area contributed by atoms with Gasteiger partial charge in [-0.1, -0.05) is 24.3 Å². The van der Waals surface area contributed by atoms with Gasteiger partial charge in [-0.05, 0) is 41.8 Å². The Hall–Kier alpha value is -2.93. The van der Waals surface area contributed by atoms with E-state index in [4.69, 9.17) is 4.42 Å². The molecule has 1 atom stereocenters. The van der Waals surface area contributed by atoms with Gasteiger partial charge in [-0.25, -0.2) is 0 Å². The summed E-state index contributed by atoms with van der Waals surface area (Å²) >= 11 is 1.58. The zero-order chi connectivity index (χ0) is 18.9. The summed E-state index contributed by atoms with van der Waals surface area (Å²) in [6, 6.07) is 14.1. The largest absolute Gasteiger partial charge is 0.420 e. The van der Waals surface area contributed by atoms with Crippen LogP contribution in [0.15, 0.2) is 58.5 Å². The van der Waals surface area contributed by atoms with E-state index in [2.05, 4.69) is 16.3 Å². The number of fused-ring (bicyclic) bond motifs is 1. The van der Waals surface area contributed by atoms with Gasteiger partial charge in [0.2, 0.25) is 11.8 Å². The summed E-state index contributed by atoms with van der Waals surface area (Å²) in [4.78, 5) is 15.8. The van der Waals surface area contributed by atoms with E-state index in [9.17, 15) is 4.79 Å². The van der Waals surface area contributed by atoms with Gasteiger partial charge in [-0.2, -0.15) is 0 Å². The molecule has 0 aliphatic carbocycles. The second-order valence-corrected chi connectivity index (χ2v) is 8.05. The minimum atomic E-state index is 0.0975. The molecule has 0 saturated carbocycles. The summed E-state index contributed by atoms with van der Waals surface area (Å²) in [5, 5.41) is 11.6. The van der Waals surface area contributed by atoms with Crippen LogP contribution >= 0.6 is 11.3 Å². The normalized spacial score (nSPS) is 17.3. The number of thiophene rings is 1. The number of benzene rings is 1. The summed E-state index contributed by atoms with van der Waals surface area (Å²) in [6.07, 6.45) is 3.89. The minimum Gasteiger partial charge on any atom is -0.420 e. The van der Waals surface area contributed by atoms with E-state index in [0.29, 0.717) is 24.9 Å². The van der Waals surface area contributed by atoms with Crippen LogP contribution < -0.4 is 0 Å². The number of piperidine rings is 1. The third kappa shape index (κ3) is 3.22. The number of likely N-dealkylation sites (tertiary alicyclic amines) is 1. The fraction of sp³-hybridized carbons (Fsp3) is 0.286. The summed E-state index contributed by atoms with van der Waals surface area (Å²) in [5.74, 6) is 1.42. The highest BCUT2D eigenvalue weighted by Gasteiger charge is 2.28. The standard InChI is InChI=1S/C21H20N4O2S/c26-19(14-24-11-9-15-5-1-2-7-17(15)24)25-10-3-6-16(13-25)20-22-23-21(27-20)18-8-4-12-28-18/h1-2,4-5,7-9,11-12,16H,3,6,10,13-14H2. The topological polar surface area (TPSA) is 64.2 Å². The van der Waals surface area contributed by atoms with Gasteiger partial charge in [-0.3, -0.25) is 4.79 Å². The predicted octanol–water partition coefficient (Wildman–Crippen LogP) is 4.16. The molecule has 1 saturated heterocycles. The zero-order valence-electron chi connectivity index (χ0n) is 15.3. The Morgan fingerprint density at radius 1 is 1.18 bits per heavy atom. The molecule has 1 fully saturated rings. The molecule has 142 valence electrons. The Balaban J connectivity index is 1.29. The van der Waals surface area contributed by atoms with Gasteiger partial charge in [0.25, 0.3) is 5.89 Å². The predicted molar refractivity (Wildman–Crippen MR) is 108 cm³/mol. The molecular formula is C21H20N4O2S. The molecule has 1 amide bonds. The number of para-hydroxylation sites is 1. The van der Waals surface area contributed by atoms with Gasteiger partial charge < -0.3 is 13.9 Å². The number of nitrogens with zero attached hydrogens (tertiary/aromatic N) is 4. The van der Waals surface area contributed by atoms with E-state index in [1.807, 2.05) is 57.4 Å². The van der Waals surface area contributed by atoms with Gasteiger partial charge in [0.05, 0.1) is 10.8 Å². The summed E-state index contributed by atoms with van der Waals surface area (Å²) in [6.45, 7) is 1.76. The molecule has 1 aromatic carbocycles. The third-order valence-corrected chi connectivity index (χ3v) is 6.14. The van der Waals surface area contributed by atoms with Crippen LogP contribution in [0.5, 0.6) is 0 Å². The van der Waals surface area contributed by atoms with Crippen molar-refractivity contribution in [1.82, 2.24) is 19.7 Å². The lowest BCUT2D eigenvalue weighted by Gasteiger charge is -2.31. The Morgan fingerprint density at radius 3 is 3.00 bits per heavy atom. The average molecular weight is 392 g/mol. The molecule has 0 bridgehead atoms. The quantitative estimate of drug-likeness (QED) is 0.523. The number of amides is 1. The molecule has 7 heteroatoms. The van der Waals surface area contributed by atoms with Crippen molar-refractivity contribution >= 4 is 28.1 Å². The van der Waals surface area contributed by atoms with Crippen LogP contribution in [0, 0.1) is 0 Å². The van der Waals surface area contributed by atoms with Crippen LogP contribution in [-0.2, 0) is 11.3 Å². The molecule has 0 spiro atoms. The first-order valence-electron chi connectivity index (χ1n) is 9.47. The second kappa shape index (κ2) is 7.24. The van der Waals surface area contributed by atoms with E-state index >= 15 is 0 Å². The maximum atomic E-state index is 12.9. The van der Waals surface area contributed by atoms with E-state index in [0.717, 1.165) is 35.2 Å². The van der Waals surface area contributed by atoms with Crippen LogP contribution in [0.3, 0.4) is 0 Å². The van der Waals surface area contributed by atoms with Gasteiger partial charge in [0.1, 0.15) is 6.54 Å². The SMILES string of the molecule is O=C(Cn1ccc2ccccc21)N1CCCC(c2nnc(-c3cccs3)o2)C1. The Labute approximate surface area is 166 Å². The smallest absolute Gasteiger partial charge is 0.257 e. The lowest BCUT2D eigenvalue weighted by Crippen LogP contribution is -2.40. The molecule has 1 unspecified atom stereocenters. The Bertz CT molecular complexity index is 1100. The molecule has 0 radical (unpaired) electrons. The van der Waals surface area contributed by atoms with Crippen molar-refractivity contribution in [2.24, 2.45) is 0 Å². The lowest BCUT2D eigenvalue weighted by molar-refractivity contribution is -0.133. The van der Waals surface area contributed by atoms with E-state index in [1.165, 1.54) is 0 Å². The number of rotatable bonds is 4. The van der Waals surface area contributed by atoms with Crippen molar-refractivity contribution < 1.29 is 9.21 Å². The average Bonchev–Trinajstić information content (AvgIpc) is 3.49. The molecule has 5 rings (SSSR count). The fourth-order valence-corrected chi connectivity index (χ4v) is 4.47. The maximum absolute atomic E-state index is 12.9. The van der Waals surface area contributed by atoms with Crippen molar-refractivity contribution in [3.63, 3.8) is 0 Å². The molecule has 3 aromatic heterocycles. The minimum absolute atomic E-state index is 0.0975. The molecule has 1 aliphatic heterocycles.